The van der Waals surface area contributed by atoms with Crippen molar-refractivity contribution in [1.82, 2.24) is 10.3 Å². The largest absolute Gasteiger partial charge is 0.345 e. The van der Waals surface area contributed by atoms with Crippen molar-refractivity contribution in [1.29, 1.82) is 0 Å². The van der Waals surface area contributed by atoms with E-state index in [0.717, 1.165) is 17.8 Å². The average Bonchev–Trinajstić information content (AvgIpc) is 2.75. The molecular formula is C10H15F2N3OS. The van der Waals surface area contributed by atoms with Crippen molar-refractivity contribution >= 4 is 17.2 Å². The molecule has 1 rings (SSSR count). The normalized spacial score (nSPS) is 11.5. The van der Waals surface area contributed by atoms with E-state index < -0.39 is 24.9 Å². The number of aryl methyl sites for hydroxylation is 1. The first-order valence-electron chi connectivity index (χ1n) is 5.29. The Kier molecular flexibility index (Phi) is 4.95. The second-order valence-corrected chi connectivity index (χ2v) is 4.73. The van der Waals surface area contributed by atoms with Gasteiger partial charge >= 0.3 is 0 Å². The van der Waals surface area contributed by atoms with Gasteiger partial charge < -0.3 is 11.1 Å². The molecule has 0 unspecified atom stereocenters. The summed E-state index contributed by atoms with van der Waals surface area (Å²) in [5.41, 5.74) is 4.86. The van der Waals surface area contributed by atoms with Crippen LogP contribution < -0.4 is 11.1 Å². The molecule has 0 saturated carbocycles. The molecule has 0 aliphatic rings. The zero-order valence-electron chi connectivity index (χ0n) is 9.50. The fourth-order valence-corrected chi connectivity index (χ4v) is 2.05. The number of aromatic nitrogens is 1. The van der Waals surface area contributed by atoms with Gasteiger partial charge in [-0.3, -0.25) is 4.79 Å². The summed E-state index contributed by atoms with van der Waals surface area (Å²) in [6, 6.07) is 0. The first-order valence-corrected chi connectivity index (χ1v) is 6.11. The zero-order valence-corrected chi connectivity index (χ0v) is 10.3. The quantitative estimate of drug-likeness (QED) is 0.815. The van der Waals surface area contributed by atoms with Crippen LogP contribution in [0, 0.1) is 0 Å². The second kappa shape index (κ2) is 6.02. The lowest BCUT2D eigenvalue weighted by molar-refractivity contribution is 0.0119. The van der Waals surface area contributed by atoms with Gasteiger partial charge in [-0.15, -0.1) is 11.3 Å². The number of hydrogen-bond acceptors (Lipinski definition) is 4. The van der Waals surface area contributed by atoms with E-state index in [1.165, 1.54) is 17.5 Å². The molecule has 96 valence electrons. The molecule has 0 atom stereocenters. The molecule has 1 aromatic heterocycles. The van der Waals surface area contributed by atoms with Gasteiger partial charge in [0.1, 0.15) is 4.88 Å². The van der Waals surface area contributed by atoms with Gasteiger partial charge in [0.25, 0.3) is 11.8 Å². The topological polar surface area (TPSA) is 68.0 Å². The van der Waals surface area contributed by atoms with Gasteiger partial charge in [-0.2, -0.15) is 0 Å². The van der Waals surface area contributed by atoms with Crippen LogP contribution in [-0.4, -0.2) is 29.9 Å². The lowest BCUT2D eigenvalue weighted by atomic mass is 10.3. The number of nitrogens with zero attached hydrogens (tertiary/aromatic N) is 1. The summed E-state index contributed by atoms with van der Waals surface area (Å²) in [6.07, 6.45) is 3.13. The molecule has 7 heteroatoms. The van der Waals surface area contributed by atoms with Gasteiger partial charge in [-0.1, -0.05) is 6.92 Å². The fourth-order valence-electron chi connectivity index (χ4n) is 1.11. The molecule has 3 N–H and O–H groups in total. The third-order valence-corrected chi connectivity index (χ3v) is 3.10. The van der Waals surface area contributed by atoms with Crippen LogP contribution in [0.15, 0.2) is 6.20 Å². The molecule has 1 amide bonds. The molecule has 0 fully saturated rings. The predicted octanol–water partition coefficient (Wildman–Crippen LogP) is 1.42. The molecule has 17 heavy (non-hydrogen) atoms. The van der Waals surface area contributed by atoms with Gasteiger partial charge in [0.2, 0.25) is 0 Å². The number of nitrogens with two attached hydrogens (primary N) is 1. The van der Waals surface area contributed by atoms with Crippen LogP contribution in [0.1, 0.15) is 28.0 Å². The van der Waals surface area contributed by atoms with E-state index in [1.54, 1.807) is 0 Å². The van der Waals surface area contributed by atoms with Crippen LogP contribution in [0.4, 0.5) is 8.78 Å². The number of hydrogen-bond donors (Lipinski definition) is 2. The Morgan fingerprint density at radius 1 is 1.65 bits per heavy atom. The molecule has 0 aliphatic carbocycles. The molecule has 4 nitrogen and oxygen atoms in total. The van der Waals surface area contributed by atoms with E-state index in [4.69, 9.17) is 5.73 Å². The highest BCUT2D eigenvalue weighted by Gasteiger charge is 2.27. The standard InChI is InChI=1S/C10H15F2N3OS/c1-2-3-8-14-4-7(17-8)9(16)15-6-10(11,12)5-13/h4H,2-3,5-6,13H2,1H3,(H,15,16). The maximum Gasteiger partial charge on any atom is 0.277 e. The number of carbonyl (C=O) groups is 1. The number of amides is 1. The SMILES string of the molecule is CCCc1ncc(C(=O)NCC(F)(F)CN)s1. The maximum absolute atomic E-state index is 12.8. The number of thiazole rings is 1. The Morgan fingerprint density at radius 2 is 2.35 bits per heavy atom. The van der Waals surface area contributed by atoms with Crippen LogP contribution in [0.2, 0.25) is 0 Å². The Morgan fingerprint density at radius 3 is 2.94 bits per heavy atom. The highest BCUT2D eigenvalue weighted by Crippen LogP contribution is 2.15. The molecule has 0 spiro atoms. The first-order chi connectivity index (χ1) is 7.98. The van der Waals surface area contributed by atoms with Gasteiger partial charge in [0.15, 0.2) is 0 Å². The molecule has 0 radical (unpaired) electrons. The lowest BCUT2D eigenvalue weighted by Gasteiger charge is -2.13. The summed E-state index contributed by atoms with van der Waals surface area (Å²) in [6.45, 7) is 0.476. The monoisotopic (exact) mass is 263 g/mol. The van der Waals surface area contributed by atoms with Gasteiger partial charge in [0, 0.05) is 0 Å². The molecule has 0 aliphatic heterocycles. The number of carbonyl (C=O) groups excluding carboxylic acids is 1. The van der Waals surface area contributed by atoms with Crippen molar-refractivity contribution < 1.29 is 13.6 Å². The number of alkyl halides is 2. The molecule has 0 saturated heterocycles. The van der Waals surface area contributed by atoms with Crippen molar-refractivity contribution in [2.45, 2.75) is 25.7 Å². The van der Waals surface area contributed by atoms with E-state index in [2.05, 4.69) is 10.3 Å². The Bertz CT molecular complexity index is 381. The summed E-state index contributed by atoms with van der Waals surface area (Å²) in [5.74, 6) is -3.59. The second-order valence-electron chi connectivity index (χ2n) is 3.61. The molecular weight excluding hydrogens is 248 g/mol. The highest BCUT2D eigenvalue weighted by molar-refractivity contribution is 7.13. The Balaban J connectivity index is 2.52. The predicted molar refractivity (Wildman–Crippen MR) is 62.4 cm³/mol. The average molecular weight is 263 g/mol. The summed E-state index contributed by atoms with van der Waals surface area (Å²) >= 11 is 1.22. The van der Waals surface area contributed by atoms with Crippen molar-refractivity contribution in [3.05, 3.63) is 16.1 Å². The fraction of sp³-hybridized carbons (Fsp3) is 0.600. The Labute approximate surface area is 102 Å². The van der Waals surface area contributed by atoms with Crippen LogP contribution in [0.5, 0.6) is 0 Å². The summed E-state index contributed by atoms with van der Waals surface area (Å²) in [7, 11) is 0. The van der Waals surface area contributed by atoms with Crippen molar-refractivity contribution in [3.63, 3.8) is 0 Å². The Hall–Kier alpha value is -1.08. The smallest absolute Gasteiger partial charge is 0.277 e. The van der Waals surface area contributed by atoms with Gasteiger partial charge in [0.05, 0.1) is 24.3 Å². The van der Waals surface area contributed by atoms with Crippen LogP contribution in [0.3, 0.4) is 0 Å². The molecule has 0 aromatic carbocycles. The van der Waals surface area contributed by atoms with Crippen molar-refractivity contribution in [2.24, 2.45) is 5.73 Å². The minimum atomic E-state index is -3.06. The summed E-state index contributed by atoms with van der Waals surface area (Å²) in [4.78, 5) is 15.9. The minimum absolute atomic E-state index is 0.348. The van der Waals surface area contributed by atoms with Crippen LogP contribution in [-0.2, 0) is 6.42 Å². The third kappa shape index (κ3) is 4.35. The van der Waals surface area contributed by atoms with E-state index >= 15 is 0 Å². The zero-order chi connectivity index (χ0) is 12.9. The number of rotatable bonds is 6. The van der Waals surface area contributed by atoms with E-state index in [9.17, 15) is 13.6 Å². The van der Waals surface area contributed by atoms with Crippen LogP contribution >= 0.6 is 11.3 Å². The van der Waals surface area contributed by atoms with E-state index in [1.807, 2.05) is 6.92 Å². The molecule has 0 bridgehead atoms. The minimum Gasteiger partial charge on any atom is -0.345 e. The lowest BCUT2D eigenvalue weighted by Crippen LogP contribution is -2.41. The van der Waals surface area contributed by atoms with Crippen molar-refractivity contribution in [3.8, 4) is 0 Å². The highest BCUT2D eigenvalue weighted by atomic mass is 32.1. The van der Waals surface area contributed by atoms with E-state index in [-0.39, 0.29) is 0 Å². The molecule has 1 heterocycles. The first kappa shape index (κ1) is 14.0. The van der Waals surface area contributed by atoms with E-state index in [0.29, 0.717) is 4.88 Å². The summed E-state index contributed by atoms with van der Waals surface area (Å²) < 4.78 is 25.6. The van der Waals surface area contributed by atoms with Crippen LogP contribution in [0.25, 0.3) is 0 Å². The maximum atomic E-state index is 12.8. The summed E-state index contributed by atoms with van der Waals surface area (Å²) in [5, 5.41) is 2.98. The van der Waals surface area contributed by atoms with Gasteiger partial charge in [-0.05, 0) is 12.8 Å². The number of halogens is 2. The van der Waals surface area contributed by atoms with Gasteiger partial charge in [-0.25, -0.2) is 13.8 Å². The molecule has 1 aromatic rings. The van der Waals surface area contributed by atoms with Crippen molar-refractivity contribution in [2.75, 3.05) is 13.1 Å². The number of nitrogens with one attached hydrogen (secondary N) is 1. The third-order valence-electron chi connectivity index (χ3n) is 2.05.